The van der Waals surface area contributed by atoms with Gasteiger partial charge in [0, 0.05) is 18.3 Å². The minimum Gasteiger partial charge on any atom is -0.328 e. The van der Waals surface area contributed by atoms with Crippen LogP contribution in [0.4, 0.5) is 0 Å². The summed E-state index contributed by atoms with van der Waals surface area (Å²) >= 11 is 0. The predicted molar refractivity (Wildman–Crippen MR) is 54.6 cm³/mol. The van der Waals surface area contributed by atoms with Crippen LogP contribution in [0.15, 0.2) is 6.07 Å². The molecule has 1 unspecified atom stereocenters. The van der Waals surface area contributed by atoms with Crippen LogP contribution in [0.5, 0.6) is 0 Å². The van der Waals surface area contributed by atoms with E-state index >= 15 is 0 Å². The Morgan fingerprint density at radius 3 is 2.69 bits per heavy atom. The average Bonchev–Trinajstić information content (AvgIpc) is 2.29. The number of hydrogen-bond acceptors (Lipinski definition) is 2. The van der Waals surface area contributed by atoms with Crippen LogP contribution in [0.3, 0.4) is 0 Å². The first-order valence-electron chi connectivity index (χ1n) is 4.86. The van der Waals surface area contributed by atoms with Crippen molar-refractivity contribution in [3.63, 3.8) is 0 Å². The maximum atomic E-state index is 5.67. The van der Waals surface area contributed by atoms with Gasteiger partial charge in [-0.1, -0.05) is 0 Å². The van der Waals surface area contributed by atoms with Gasteiger partial charge in [-0.25, -0.2) is 0 Å². The molecule has 1 rings (SSSR count). The molecule has 0 amide bonds. The van der Waals surface area contributed by atoms with Crippen LogP contribution in [0.25, 0.3) is 0 Å². The van der Waals surface area contributed by atoms with E-state index < -0.39 is 0 Å². The summed E-state index contributed by atoms with van der Waals surface area (Å²) in [7, 11) is 0. The van der Waals surface area contributed by atoms with Gasteiger partial charge in [-0.2, -0.15) is 5.10 Å². The van der Waals surface area contributed by atoms with Gasteiger partial charge in [0.1, 0.15) is 0 Å². The molecule has 0 saturated heterocycles. The molecule has 0 spiro atoms. The Labute approximate surface area is 79.9 Å². The summed E-state index contributed by atoms with van der Waals surface area (Å²) in [4.78, 5) is 0. The van der Waals surface area contributed by atoms with Gasteiger partial charge in [0.05, 0.1) is 5.69 Å². The fourth-order valence-electron chi connectivity index (χ4n) is 1.46. The van der Waals surface area contributed by atoms with E-state index in [1.54, 1.807) is 0 Å². The molecule has 0 aliphatic rings. The predicted octanol–water partition coefficient (Wildman–Crippen LogP) is 1.63. The lowest BCUT2D eigenvalue weighted by atomic mass is 10.2. The largest absolute Gasteiger partial charge is 0.328 e. The lowest BCUT2D eigenvalue weighted by molar-refractivity contribution is 0.515. The fourth-order valence-corrected chi connectivity index (χ4v) is 1.46. The first-order valence-corrected chi connectivity index (χ1v) is 4.86. The van der Waals surface area contributed by atoms with Gasteiger partial charge in [-0.3, -0.25) is 4.68 Å². The molecule has 1 aromatic rings. The van der Waals surface area contributed by atoms with E-state index in [1.807, 2.05) is 13.8 Å². The summed E-state index contributed by atoms with van der Waals surface area (Å²) in [6.07, 6.45) is 2.18. The quantitative estimate of drug-likeness (QED) is 0.767. The number of nitrogens with zero attached hydrogens (tertiary/aromatic N) is 2. The Kier molecular flexibility index (Phi) is 3.48. The molecule has 1 heterocycles. The molecule has 0 aliphatic carbocycles. The highest BCUT2D eigenvalue weighted by atomic mass is 15.3. The number of aryl methyl sites for hydroxylation is 3. The Balaban J connectivity index is 2.40. The summed E-state index contributed by atoms with van der Waals surface area (Å²) in [5.74, 6) is 0. The summed E-state index contributed by atoms with van der Waals surface area (Å²) < 4.78 is 2.05. The summed E-state index contributed by atoms with van der Waals surface area (Å²) in [6, 6.07) is 2.41. The fraction of sp³-hybridized carbons (Fsp3) is 0.700. The molecule has 0 radical (unpaired) electrons. The molecule has 3 heteroatoms. The van der Waals surface area contributed by atoms with E-state index in [0.717, 1.165) is 25.1 Å². The number of rotatable bonds is 4. The van der Waals surface area contributed by atoms with Crippen LogP contribution in [-0.4, -0.2) is 15.8 Å². The van der Waals surface area contributed by atoms with Crippen LogP contribution >= 0.6 is 0 Å². The molecule has 0 aromatic carbocycles. The van der Waals surface area contributed by atoms with Crippen molar-refractivity contribution in [3.8, 4) is 0 Å². The Bertz CT molecular complexity index is 263. The third kappa shape index (κ3) is 3.19. The van der Waals surface area contributed by atoms with E-state index in [9.17, 15) is 0 Å². The second-order valence-electron chi connectivity index (χ2n) is 3.77. The zero-order valence-corrected chi connectivity index (χ0v) is 8.75. The van der Waals surface area contributed by atoms with Crippen molar-refractivity contribution in [3.05, 3.63) is 17.5 Å². The molecule has 0 saturated carbocycles. The Morgan fingerprint density at radius 1 is 1.54 bits per heavy atom. The molecule has 2 N–H and O–H groups in total. The SMILES string of the molecule is Cc1cc(C)n(CCCC(C)N)n1. The summed E-state index contributed by atoms with van der Waals surface area (Å²) in [6.45, 7) is 7.14. The highest BCUT2D eigenvalue weighted by molar-refractivity contribution is 5.06. The smallest absolute Gasteiger partial charge is 0.0596 e. The molecule has 74 valence electrons. The first kappa shape index (κ1) is 10.3. The van der Waals surface area contributed by atoms with Crippen LogP contribution in [0, 0.1) is 13.8 Å². The molecule has 1 atom stereocenters. The standard InChI is InChI=1S/C10H19N3/c1-8(11)5-4-6-13-10(3)7-9(2)12-13/h7-8H,4-6,11H2,1-3H3. The number of aromatic nitrogens is 2. The topological polar surface area (TPSA) is 43.8 Å². The van der Waals surface area contributed by atoms with Crippen LogP contribution in [0.2, 0.25) is 0 Å². The van der Waals surface area contributed by atoms with Gasteiger partial charge in [0.15, 0.2) is 0 Å². The highest BCUT2D eigenvalue weighted by Gasteiger charge is 2.00. The molecule has 1 aromatic heterocycles. The zero-order valence-electron chi connectivity index (χ0n) is 8.75. The minimum atomic E-state index is 0.303. The maximum Gasteiger partial charge on any atom is 0.0596 e. The van der Waals surface area contributed by atoms with Crippen LogP contribution in [-0.2, 0) is 6.54 Å². The van der Waals surface area contributed by atoms with E-state index in [0.29, 0.717) is 6.04 Å². The van der Waals surface area contributed by atoms with Crippen molar-refractivity contribution in [2.45, 2.75) is 46.2 Å². The van der Waals surface area contributed by atoms with E-state index in [2.05, 4.69) is 22.8 Å². The normalized spacial score (nSPS) is 13.2. The molecular formula is C10H19N3. The average molecular weight is 181 g/mol. The van der Waals surface area contributed by atoms with Crippen molar-refractivity contribution < 1.29 is 0 Å². The zero-order chi connectivity index (χ0) is 9.84. The maximum absolute atomic E-state index is 5.67. The van der Waals surface area contributed by atoms with Crippen LogP contribution in [0.1, 0.15) is 31.2 Å². The molecule has 3 nitrogen and oxygen atoms in total. The number of hydrogen-bond donors (Lipinski definition) is 1. The second kappa shape index (κ2) is 4.42. The van der Waals surface area contributed by atoms with Crippen molar-refractivity contribution in [1.29, 1.82) is 0 Å². The van der Waals surface area contributed by atoms with Gasteiger partial charge in [0.25, 0.3) is 0 Å². The van der Waals surface area contributed by atoms with Gasteiger partial charge >= 0.3 is 0 Å². The number of nitrogens with two attached hydrogens (primary N) is 1. The third-order valence-corrected chi connectivity index (χ3v) is 2.13. The van der Waals surface area contributed by atoms with Crippen molar-refractivity contribution in [1.82, 2.24) is 9.78 Å². The van der Waals surface area contributed by atoms with Crippen molar-refractivity contribution >= 4 is 0 Å². The summed E-state index contributed by atoms with van der Waals surface area (Å²) in [5.41, 5.74) is 8.00. The third-order valence-electron chi connectivity index (χ3n) is 2.13. The van der Waals surface area contributed by atoms with Crippen LogP contribution < -0.4 is 5.73 Å². The Hall–Kier alpha value is -0.830. The van der Waals surface area contributed by atoms with Gasteiger partial charge in [-0.15, -0.1) is 0 Å². The first-order chi connectivity index (χ1) is 6.09. The van der Waals surface area contributed by atoms with E-state index in [4.69, 9.17) is 5.73 Å². The molecule has 0 fully saturated rings. The van der Waals surface area contributed by atoms with Gasteiger partial charge < -0.3 is 5.73 Å². The lowest BCUT2D eigenvalue weighted by Gasteiger charge is -2.06. The summed E-state index contributed by atoms with van der Waals surface area (Å²) in [5, 5.41) is 4.38. The molecule has 0 aliphatic heterocycles. The lowest BCUT2D eigenvalue weighted by Crippen LogP contribution is -2.15. The minimum absolute atomic E-state index is 0.303. The van der Waals surface area contributed by atoms with Gasteiger partial charge in [-0.05, 0) is 39.7 Å². The van der Waals surface area contributed by atoms with Crippen molar-refractivity contribution in [2.24, 2.45) is 5.73 Å². The monoisotopic (exact) mass is 181 g/mol. The van der Waals surface area contributed by atoms with E-state index in [1.165, 1.54) is 5.69 Å². The second-order valence-corrected chi connectivity index (χ2v) is 3.77. The van der Waals surface area contributed by atoms with Crippen molar-refractivity contribution in [2.75, 3.05) is 0 Å². The van der Waals surface area contributed by atoms with E-state index in [-0.39, 0.29) is 0 Å². The Morgan fingerprint density at radius 2 is 2.23 bits per heavy atom. The molecular weight excluding hydrogens is 162 g/mol. The van der Waals surface area contributed by atoms with Gasteiger partial charge in [0.2, 0.25) is 0 Å². The highest BCUT2D eigenvalue weighted by Crippen LogP contribution is 2.04. The molecule has 13 heavy (non-hydrogen) atoms. The molecule has 0 bridgehead atoms.